The summed E-state index contributed by atoms with van der Waals surface area (Å²) in [6, 6.07) is 10.5. The zero-order valence-electron chi connectivity index (χ0n) is 10.1. The molecule has 0 saturated carbocycles. The number of nitrogens with one attached hydrogen (secondary N) is 1. The molecule has 20 heavy (non-hydrogen) atoms. The van der Waals surface area contributed by atoms with Crippen LogP contribution in [0.4, 0.5) is 0 Å². The van der Waals surface area contributed by atoms with E-state index in [1.54, 1.807) is 30.3 Å². The summed E-state index contributed by atoms with van der Waals surface area (Å²) < 4.78 is 5.86. The van der Waals surface area contributed by atoms with Gasteiger partial charge in [0.1, 0.15) is 5.56 Å². The molecule has 0 aliphatic rings. The molecule has 2 heterocycles. The molecule has 0 radical (unpaired) electrons. The Morgan fingerprint density at radius 3 is 2.55 bits per heavy atom. The first kappa shape index (κ1) is 12.7. The zero-order valence-corrected chi connectivity index (χ0v) is 11.7. The molecule has 2 N–H and O–H groups in total. The number of furan rings is 1. The maximum absolute atomic E-state index is 12.2. The van der Waals surface area contributed by atoms with Crippen molar-refractivity contribution in [2.24, 2.45) is 0 Å². The Morgan fingerprint density at radius 2 is 1.95 bits per heavy atom. The molecule has 0 unspecified atom stereocenters. The van der Waals surface area contributed by atoms with Gasteiger partial charge in [-0.3, -0.25) is 4.79 Å². The van der Waals surface area contributed by atoms with Gasteiger partial charge in [-0.15, -0.1) is 0 Å². The van der Waals surface area contributed by atoms with E-state index in [-0.39, 0.29) is 17.3 Å². The number of aromatic hydroxyl groups is 1. The van der Waals surface area contributed by atoms with Crippen molar-refractivity contribution < 1.29 is 9.52 Å². The summed E-state index contributed by atoms with van der Waals surface area (Å²) in [4.78, 5) is 18.8. The highest BCUT2D eigenvalue weighted by Gasteiger charge is 2.16. The maximum Gasteiger partial charge on any atom is 0.263 e. The predicted octanol–water partition coefficient (Wildman–Crippen LogP) is 3.17. The normalized spacial score (nSPS) is 10.7. The molecule has 0 saturated heterocycles. The third kappa shape index (κ3) is 2.14. The van der Waals surface area contributed by atoms with Crippen molar-refractivity contribution in [1.29, 1.82) is 0 Å². The molecule has 2 aromatic heterocycles. The van der Waals surface area contributed by atoms with Crippen LogP contribution >= 0.6 is 15.9 Å². The van der Waals surface area contributed by atoms with Gasteiger partial charge in [-0.05, 0) is 27.6 Å². The number of halogens is 1. The van der Waals surface area contributed by atoms with Crippen LogP contribution in [0, 0.1) is 0 Å². The molecule has 0 spiro atoms. The van der Waals surface area contributed by atoms with Crippen molar-refractivity contribution in [3.8, 4) is 28.6 Å². The monoisotopic (exact) mass is 332 g/mol. The number of rotatable bonds is 2. The second kappa shape index (κ2) is 4.97. The van der Waals surface area contributed by atoms with E-state index in [1.807, 2.05) is 6.07 Å². The van der Waals surface area contributed by atoms with Crippen LogP contribution in [-0.4, -0.2) is 15.1 Å². The first-order valence-electron chi connectivity index (χ1n) is 5.79. The average molecular weight is 333 g/mol. The Kier molecular flexibility index (Phi) is 3.15. The lowest BCUT2D eigenvalue weighted by Crippen LogP contribution is -2.12. The molecule has 0 aliphatic carbocycles. The summed E-state index contributed by atoms with van der Waals surface area (Å²) in [5, 5.41) is 10.0. The van der Waals surface area contributed by atoms with Crippen LogP contribution in [0.15, 0.2) is 56.3 Å². The van der Waals surface area contributed by atoms with E-state index in [0.717, 1.165) is 0 Å². The average Bonchev–Trinajstić information content (AvgIpc) is 2.85. The first-order valence-corrected chi connectivity index (χ1v) is 6.58. The van der Waals surface area contributed by atoms with E-state index < -0.39 is 5.56 Å². The Balaban J connectivity index is 2.18. The van der Waals surface area contributed by atoms with Crippen molar-refractivity contribution in [1.82, 2.24) is 9.97 Å². The van der Waals surface area contributed by atoms with Crippen LogP contribution in [0.1, 0.15) is 0 Å². The van der Waals surface area contributed by atoms with Gasteiger partial charge in [0, 0.05) is 0 Å². The summed E-state index contributed by atoms with van der Waals surface area (Å²) in [5.74, 6) is 0.194. The Morgan fingerprint density at radius 1 is 1.20 bits per heavy atom. The van der Waals surface area contributed by atoms with Crippen LogP contribution in [0.25, 0.3) is 22.7 Å². The van der Waals surface area contributed by atoms with Crippen molar-refractivity contribution in [3.63, 3.8) is 0 Å². The number of H-pyrrole nitrogens is 1. The van der Waals surface area contributed by atoms with E-state index in [1.165, 1.54) is 6.26 Å². The molecule has 0 atom stereocenters. The van der Waals surface area contributed by atoms with Crippen LogP contribution in [0.5, 0.6) is 5.88 Å². The SMILES string of the molecule is O=c1[nH]c(-c2occc2Br)nc(O)c1-c1ccccc1. The quantitative estimate of drug-likeness (QED) is 0.755. The second-order valence-electron chi connectivity index (χ2n) is 4.08. The maximum atomic E-state index is 12.2. The molecule has 0 aliphatic heterocycles. The minimum Gasteiger partial charge on any atom is -0.493 e. The largest absolute Gasteiger partial charge is 0.493 e. The Hall–Kier alpha value is -2.34. The number of aromatic amines is 1. The lowest BCUT2D eigenvalue weighted by molar-refractivity contribution is 0.452. The molecule has 1 aromatic carbocycles. The molecule has 0 amide bonds. The van der Waals surface area contributed by atoms with Crippen molar-refractivity contribution in [2.75, 3.05) is 0 Å². The molecular weight excluding hydrogens is 324 g/mol. The van der Waals surface area contributed by atoms with Gasteiger partial charge >= 0.3 is 0 Å². The number of benzene rings is 1. The fourth-order valence-corrected chi connectivity index (χ4v) is 2.29. The van der Waals surface area contributed by atoms with E-state index in [0.29, 0.717) is 15.8 Å². The number of nitrogens with zero attached hydrogens (tertiary/aromatic N) is 1. The minimum atomic E-state index is -0.429. The zero-order chi connectivity index (χ0) is 14.1. The number of hydrogen-bond donors (Lipinski definition) is 2. The summed E-state index contributed by atoms with van der Waals surface area (Å²) >= 11 is 3.28. The first-order chi connectivity index (χ1) is 9.66. The van der Waals surface area contributed by atoms with Gasteiger partial charge in [0.05, 0.1) is 10.7 Å². The van der Waals surface area contributed by atoms with Gasteiger partial charge in [0.15, 0.2) is 11.6 Å². The van der Waals surface area contributed by atoms with E-state index in [9.17, 15) is 9.90 Å². The van der Waals surface area contributed by atoms with E-state index in [4.69, 9.17) is 4.42 Å². The van der Waals surface area contributed by atoms with Crippen molar-refractivity contribution >= 4 is 15.9 Å². The van der Waals surface area contributed by atoms with Crippen LogP contribution in [-0.2, 0) is 0 Å². The molecular formula is C14H9BrN2O3. The van der Waals surface area contributed by atoms with Crippen molar-refractivity contribution in [3.05, 3.63) is 57.5 Å². The smallest absolute Gasteiger partial charge is 0.263 e. The van der Waals surface area contributed by atoms with E-state index >= 15 is 0 Å². The van der Waals surface area contributed by atoms with Gasteiger partial charge in [0.25, 0.3) is 5.56 Å². The number of hydrogen-bond acceptors (Lipinski definition) is 4. The topological polar surface area (TPSA) is 79.1 Å². The van der Waals surface area contributed by atoms with Crippen LogP contribution < -0.4 is 5.56 Å². The molecule has 0 bridgehead atoms. The van der Waals surface area contributed by atoms with Gasteiger partial charge in [-0.25, -0.2) is 0 Å². The lowest BCUT2D eigenvalue weighted by Gasteiger charge is -2.05. The second-order valence-corrected chi connectivity index (χ2v) is 4.93. The van der Waals surface area contributed by atoms with Crippen molar-refractivity contribution in [2.45, 2.75) is 0 Å². The van der Waals surface area contributed by atoms with Gasteiger partial charge < -0.3 is 14.5 Å². The highest BCUT2D eigenvalue weighted by Crippen LogP contribution is 2.29. The highest BCUT2D eigenvalue weighted by molar-refractivity contribution is 9.10. The predicted molar refractivity (Wildman–Crippen MR) is 77.4 cm³/mol. The molecule has 100 valence electrons. The molecule has 3 aromatic rings. The third-order valence-electron chi connectivity index (χ3n) is 2.80. The molecule has 5 nitrogen and oxygen atoms in total. The summed E-state index contributed by atoms with van der Waals surface area (Å²) in [5.41, 5.74) is 0.308. The fraction of sp³-hybridized carbons (Fsp3) is 0. The Bertz CT molecular complexity index is 809. The lowest BCUT2D eigenvalue weighted by atomic mass is 10.1. The molecule has 6 heteroatoms. The van der Waals surface area contributed by atoms with Crippen LogP contribution in [0.2, 0.25) is 0 Å². The molecule has 3 rings (SSSR count). The Labute approximate surface area is 122 Å². The number of aromatic nitrogens is 2. The standard InChI is InChI=1S/C14H9BrN2O3/c15-9-6-7-20-11(9)12-16-13(18)10(14(19)17-12)8-4-2-1-3-5-8/h1-7H,(H2,16,17,18,19). The van der Waals surface area contributed by atoms with Gasteiger partial charge in [-0.2, -0.15) is 4.98 Å². The summed E-state index contributed by atoms with van der Waals surface area (Å²) in [6.07, 6.45) is 1.46. The van der Waals surface area contributed by atoms with Gasteiger partial charge in [-0.1, -0.05) is 30.3 Å². The third-order valence-corrected chi connectivity index (χ3v) is 3.42. The van der Waals surface area contributed by atoms with Crippen LogP contribution in [0.3, 0.4) is 0 Å². The molecule has 0 fully saturated rings. The van der Waals surface area contributed by atoms with E-state index in [2.05, 4.69) is 25.9 Å². The minimum absolute atomic E-state index is 0.136. The summed E-state index contributed by atoms with van der Waals surface area (Å²) in [6.45, 7) is 0. The fourth-order valence-electron chi connectivity index (χ4n) is 1.90. The highest BCUT2D eigenvalue weighted by atomic mass is 79.9. The summed E-state index contributed by atoms with van der Waals surface area (Å²) in [7, 11) is 0. The van der Waals surface area contributed by atoms with Gasteiger partial charge in [0.2, 0.25) is 5.88 Å².